The lowest BCUT2D eigenvalue weighted by molar-refractivity contribution is -0.125. The summed E-state index contributed by atoms with van der Waals surface area (Å²) in [5.74, 6) is -0.318. The quantitative estimate of drug-likeness (QED) is 0.673. The van der Waals surface area contributed by atoms with Gasteiger partial charge in [-0.1, -0.05) is 24.3 Å². The van der Waals surface area contributed by atoms with Crippen LogP contribution in [0, 0.1) is 5.92 Å². The third kappa shape index (κ3) is 4.22. The largest absolute Gasteiger partial charge is 0.351 e. The van der Waals surface area contributed by atoms with Crippen LogP contribution in [0.1, 0.15) is 41.4 Å². The van der Waals surface area contributed by atoms with Crippen LogP contribution in [0.5, 0.6) is 0 Å². The molecule has 9 heteroatoms. The van der Waals surface area contributed by atoms with E-state index < -0.39 is 0 Å². The molecule has 1 aromatic rings. The van der Waals surface area contributed by atoms with Crippen LogP contribution in [0.3, 0.4) is 0 Å². The lowest BCUT2D eigenvalue weighted by Gasteiger charge is -2.28. The summed E-state index contributed by atoms with van der Waals surface area (Å²) in [5, 5.41) is 0. The van der Waals surface area contributed by atoms with Gasteiger partial charge in [0.25, 0.3) is 11.8 Å². The van der Waals surface area contributed by atoms with Gasteiger partial charge in [-0.3, -0.25) is 14.6 Å². The van der Waals surface area contributed by atoms with E-state index in [-0.39, 0.29) is 29.8 Å². The number of nitrogens with zero attached hydrogens (tertiary/aromatic N) is 7. The van der Waals surface area contributed by atoms with Crippen LogP contribution in [0.25, 0.3) is 0 Å². The summed E-state index contributed by atoms with van der Waals surface area (Å²) < 4.78 is 0. The molecule has 5 rings (SSSR count). The Bertz CT molecular complexity index is 1210. The maximum absolute atomic E-state index is 13.8. The first kappa shape index (κ1) is 22.9. The minimum Gasteiger partial charge on any atom is -0.351 e. The van der Waals surface area contributed by atoms with E-state index in [1.165, 1.54) is 11.1 Å². The number of carbonyl (C=O) groups is 2. The Morgan fingerprint density at radius 3 is 2.69 bits per heavy atom. The molecule has 4 aliphatic rings. The zero-order chi connectivity index (χ0) is 24.5. The second kappa shape index (κ2) is 9.40. The van der Waals surface area contributed by atoms with Crippen molar-refractivity contribution in [2.45, 2.75) is 31.3 Å². The molecule has 3 atom stereocenters. The molecule has 35 heavy (non-hydrogen) atoms. The molecule has 180 valence electrons. The lowest BCUT2D eigenvalue weighted by atomic mass is 9.92. The van der Waals surface area contributed by atoms with E-state index in [1.807, 2.05) is 25.5 Å². The van der Waals surface area contributed by atoms with Crippen LogP contribution in [-0.4, -0.2) is 82.9 Å². The normalized spacial score (nSPS) is 25.1. The molecule has 1 aliphatic carbocycles. The van der Waals surface area contributed by atoms with Crippen molar-refractivity contribution in [2.24, 2.45) is 15.9 Å². The number of likely N-dealkylation sites (N-methyl/N-ethyl adjacent to an activating group) is 1. The Morgan fingerprint density at radius 1 is 1.17 bits per heavy atom. The van der Waals surface area contributed by atoms with Crippen molar-refractivity contribution in [1.82, 2.24) is 24.7 Å². The SMILES string of the molecule is CN(C)C(=O)c1cnc(C2C=CN(C(=O)C3=C(C4=CC=CCC4)N(C)C4N=CN=CC34)CC2)cn1. The Labute approximate surface area is 205 Å². The highest BCUT2D eigenvalue weighted by Gasteiger charge is 2.44. The average Bonchev–Trinajstić information content (AvgIpc) is 3.21. The molecule has 4 heterocycles. The van der Waals surface area contributed by atoms with Gasteiger partial charge in [0.05, 0.1) is 29.1 Å². The molecule has 2 amide bonds. The Balaban J connectivity index is 1.38. The molecule has 0 spiro atoms. The van der Waals surface area contributed by atoms with Gasteiger partial charge >= 0.3 is 0 Å². The molecule has 0 fully saturated rings. The minimum atomic E-state index is -0.178. The second-order valence-electron chi connectivity index (χ2n) is 9.30. The Kier molecular flexibility index (Phi) is 6.15. The zero-order valence-corrected chi connectivity index (χ0v) is 20.2. The number of aliphatic imine (C=N–C) groups is 2. The summed E-state index contributed by atoms with van der Waals surface area (Å²) in [5.41, 5.74) is 4.00. The molecular formula is C26H29N7O2. The maximum atomic E-state index is 13.8. The van der Waals surface area contributed by atoms with Gasteiger partial charge in [0, 0.05) is 52.2 Å². The molecule has 0 saturated heterocycles. The number of carbonyl (C=O) groups excluding carboxylic acids is 2. The molecule has 0 aromatic carbocycles. The van der Waals surface area contributed by atoms with Gasteiger partial charge in [-0.2, -0.15) is 0 Å². The predicted octanol–water partition coefficient (Wildman–Crippen LogP) is 2.54. The van der Waals surface area contributed by atoms with E-state index in [4.69, 9.17) is 0 Å². The number of fused-ring (bicyclic) bond motifs is 1. The first-order chi connectivity index (χ1) is 17.0. The number of hydrogen-bond acceptors (Lipinski definition) is 7. The monoisotopic (exact) mass is 471 g/mol. The fraction of sp³-hybridized carbons (Fsp3) is 0.385. The summed E-state index contributed by atoms with van der Waals surface area (Å²) in [6.07, 6.45) is 19.2. The standard InChI is InChI=1S/C26H29N7O2/c1-31(2)25(34)21-15-28-20(14-29-21)17-9-11-33(12-10-17)26(35)22-19-13-27-16-30-24(19)32(3)23(22)18-7-5-4-6-8-18/h4-5,7,9,11,13-17,19,24H,6,8,10,12H2,1-3H3. The number of amides is 2. The highest BCUT2D eigenvalue weighted by atomic mass is 16.2. The summed E-state index contributed by atoms with van der Waals surface area (Å²) in [6, 6.07) is 0. The van der Waals surface area contributed by atoms with E-state index in [2.05, 4.69) is 43.1 Å². The number of hydrogen-bond donors (Lipinski definition) is 0. The lowest BCUT2D eigenvalue weighted by Crippen LogP contribution is -2.36. The van der Waals surface area contributed by atoms with Gasteiger partial charge in [0.15, 0.2) is 0 Å². The van der Waals surface area contributed by atoms with E-state index in [0.717, 1.165) is 41.8 Å². The van der Waals surface area contributed by atoms with Gasteiger partial charge in [-0.25, -0.2) is 15.0 Å². The summed E-state index contributed by atoms with van der Waals surface area (Å²) in [7, 11) is 5.38. The zero-order valence-electron chi connectivity index (χ0n) is 20.2. The Morgan fingerprint density at radius 2 is 2.03 bits per heavy atom. The fourth-order valence-electron chi connectivity index (χ4n) is 4.99. The molecular weight excluding hydrogens is 442 g/mol. The average molecular weight is 472 g/mol. The second-order valence-corrected chi connectivity index (χ2v) is 9.30. The van der Waals surface area contributed by atoms with Crippen LogP contribution in [0.4, 0.5) is 0 Å². The predicted molar refractivity (Wildman–Crippen MR) is 134 cm³/mol. The van der Waals surface area contributed by atoms with Crippen LogP contribution < -0.4 is 0 Å². The van der Waals surface area contributed by atoms with Gasteiger partial charge < -0.3 is 14.7 Å². The van der Waals surface area contributed by atoms with Crippen LogP contribution in [-0.2, 0) is 4.79 Å². The van der Waals surface area contributed by atoms with Crippen molar-refractivity contribution in [3.05, 3.63) is 71.1 Å². The van der Waals surface area contributed by atoms with E-state index in [9.17, 15) is 9.59 Å². The first-order valence-electron chi connectivity index (χ1n) is 11.9. The van der Waals surface area contributed by atoms with E-state index >= 15 is 0 Å². The summed E-state index contributed by atoms with van der Waals surface area (Å²) >= 11 is 0. The van der Waals surface area contributed by atoms with Crippen molar-refractivity contribution >= 4 is 24.4 Å². The van der Waals surface area contributed by atoms with Gasteiger partial charge in [0.2, 0.25) is 0 Å². The minimum absolute atomic E-state index is 0.00827. The first-order valence-corrected chi connectivity index (χ1v) is 11.9. The molecule has 1 aromatic heterocycles. The summed E-state index contributed by atoms with van der Waals surface area (Å²) in [4.78, 5) is 48.9. The highest BCUT2D eigenvalue weighted by molar-refractivity contribution is 6.01. The van der Waals surface area contributed by atoms with Crippen molar-refractivity contribution in [3.8, 4) is 0 Å². The van der Waals surface area contributed by atoms with Crippen molar-refractivity contribution in [1.29, 1.82) is 0 Å². The van der Waals surface area contributed by atoms with Crippen molar-refractivity contribution in [3.63, 3.8) is 0 Å². The van der Waals surface area contributed by atoms with E-state index in [1.54, 1.807) is 31.5 Å². The van der Waals surface area contributed by atoms with Crippen molar-refractivity contribution in [2.75, 3.05) is 27.7 Å². The molecule has 0 saturated carbocycles. The van der Waals surface area contributed by atoms with Gasteiger partial charge in [-0.15, -0.1) is 0 Å². The summed E-state index contributed by atoms with van der Waals surface area (Å²) in [6.45, 7) is 0.567. The molecule has 0 N–H and O–H groups in total. The third-order valence-corrected chi connectivity index (χ3v) is 6.86. The molecule has 3 aliphatic heterocycles. The van der Waals surface area contributed by atoms with Crippen LogP contribution >= 0.6 is 0 Å². The van der Waals surface area contributed by atoms with Crippen molar-refractivity contribution < 1.29 is 9.59 Å². The fourth-order valence-corrected chi connectivity index (χ4v) is 4.99. The maximum Gasteiger partial charge on any atom is 0.273 e. The Hall–Kier alpha value is -3.88. The smallest absolute Gasteiger partial charge is 0.273 e. The number of aromatic nitrogens is 2. The number of allylic oxidation sites excluding steroid dienone is 5. The van der Waals surface area contributed by atoms with Crippen LogP contribution in [0.15, 0.2) is 69.7 Å². The molecule has 3 unspecified atom stereocenters. The topological polar surface area (TPSA) is 94.4 Å². The van der Waals surface area contributed by atoms with Gasteiger partial charge in [0.1, 0.15) is 18.2 Å². The third-order valence-electron chi connectivity index (χ3n) is 6.86. The molecule has 9 nitrogen and oxygen atoms in total. The van der Waals surface area contributed by atoms with Gasteiger partial charge in [-0.05, 0) is 24.8 Å². The number of rotatable bonds is 4. The van der Waals surface area contributed by atoms with E-state index in [0.29, 0.717) is 12.2 Å². The molecule has 0 bridgehead atoms. The van der Waals surface area contributed by atoms with Crippen LogP contribution in [0.2, 0.25) is 0 Å². The highest BCUT2D eigenvalue weighted by Crippen LogP contribution is 2.41. The molecule has 0 radical (unpaired) electrons.